The summed E-state index contributed by atoms with van der Waals surface area (Å²) in [6.07, 6.45) is 6.91. The minimum Gasteiger partial charge on any atom is -0.469 e. The number of nitrogens with zero attached hydrogens (tertiary/aromatic N) is 2. The van der Waals surface area contributed by atoms with Gasteiger partial charge in [0.05, 0.1) is 18.6 Å². The van der Waals surface area contributed by atoms with Crippen LogP contribution in [0.5, 0.6) is 0 Å². The van der Waals surface area contributed by atoms with Crippen LogP contribution < -0.4 is 0 Å². The predicted octanol–water partition coefficient (Wildman–Crippen LogP) is 2.09. The van der Waals surface area contributed by atoms with E-state index in [1.807, 2.05) is 12.1 Å². The molecule has 1 N–H and O–H groups in total. The van der Waals surface area contributed by atoms with Crippen molar-refractivity contribution >= 4 is 0 Å². The maximum absolute atomic E-state index is 9.36. The van der Waals surface area contributed by atoms with Crippen LogP contribution in [-0.2, 0) is 32.4 Å². The molecule has 4 nitrogen and oxygen atoms in total. The maximum Gasteiger partial charge on any atom is 0.109 e. The average molecular weight is 246 g/mol. The number of furan rings is 1. The van der Waals surface area contributed by atoms with Crippen molar-refractivity contribution < 1.29 is 9.52 Å². The van der Waals surface area contributed by atoms with Crippen molar-refractivity contribution in [2.24, 2.45) is 0 Å². The zero-order valence-corrected chi connectivity index (χ0v) is 10.4. The molecule has 4 heteroatoms. The smallest absolute Gasteiger partial charge is 0.109 e. The van der Waals surface area contributed by atoms with Gasteiger partial charge in [0.1, 0.15) is 11.6 Å². The molecule has 0 unspecified atom stereocenters. The molecule has 0 aromatic carbocycles. The molecule has 0 atom stereocenters. The van der Waals surface area contributed by atoms with E-state index >= 15 is 0 Å². The van der Waals surface area contributed by atoms with Crippen molar-refractivity contribution in [2.45, 2.75) is 45.3 Å². The van der Waals surface area contributed by atoms with Gasteiger partial charge in [0.2, 0.25) is 0 Å². The fraction of sp³-hybridized carbons (Fsp3) is 0.500. The molecule has 1 aliphatic heterocycles. The Bertz CT molecular complexity index is 514. The molecule has 0 aliphatic carbocycles. The van der Waals surface area contributed by atoms with Crippen molar-refractivity contribution in [2.75, 3.05) is 0 Å². The van der Waals surface area contributed by atoms with Crippen LogP contribution in [0.25, 0.3) is 0 Å². The lowest BCUT2D eigenvalue weighted by molar-refractivity contribution is 0.275. The van der Waals surface area contributed by atoms with Gasteiger partial charge in [-0.2, -0.15) is 0 Å². The summed E-state index contributed by atoms with van der Waals surface area (Å²) in [5.74, 6) is 2.08. The second kappa shape index (κ2) is 4.98. The van der Waals surface area contributed by atoms with Crippen molar-refractivity contribution in [1.29, 1.82) is 0 Å². The quantitative estimate of drug-likeness (QED) is 0.898. The van der Waals surface area contributed by atoms with E-state index in [1.165, 1.54) is 18.5 Å². The summed E-state index contributed by atoms with van der Waals surface area (Å²) in [6, 6.07) is 3.91. The van der Waals surface area contributed by atoms with Gasteiger partial charge < -0.3 is 14.1 Å². The highest BCUT2D eigenvalue weighted by molar-refractivity contribution is 5.19. The number of fused-ring (bicyclic) bond motifs is 1. The molecule has 2 aromatic rings. The number of hydrogen-bond acceptors (Lipinski definition) is 3. The third-order valence-corrected chi connectivity index (χ3v) is 3.60. The largest absolute Gasteiger partial charge is 0.469 e. The molecule has 96 valence electrons. The Morgan fingerprint density at radius 3 is 3.06 bits per heavy atom. The lowest BCUT2D eigenvalue weighted by Gasteiger charge is -2.17. The molecule has 3 heterocycles. The summed E-state index contributed by atoms with van der Waals surface area (Å²) in [6.45, 7) is 1.09. The van der Waals surface area contributed by atoms with Crippen LogP contribution in [-0.4, -0.2) is 14.7 Å². The van der Waals surface area contributed by atoms with Crippen molar-refractivity contribution in [3.05, 3.63) is 41.4 Å². The first kappa shape index (κ1) is 11.5. The Labute approximate surface area is 106 Å². The van der Waals surface area contributed by atoms with Crippen LogP contribution in [0.1, 0.15) is 35.8 Å². The van der Waals surface area contributed by atoms with E-state index in [9.17, 15) is 5.11 Å². The Hall–Kier alpha value is -1.55. The molecule has 3 rings (SSSR count). The molecule has 0 radical (unpaired) electrons. The number of imidazole rings is 1. The fourth-order valence-electron chi connectivity index (χ4n) is 2.71. The number of aliphatic hydroxyl groups is 1. The van der Waals surface area contributed by atoms with E-state index in [4.69, 9.17) is 4.42 Å². The second-order valence-corrected chi connectivity index (χ2v) is 4.77. The van der Waals surface area contributed by atoms with E-state index in [0.717, 1.165) is 43.1 Å². The fourth-order valence-corrected chi connectivity index (χ4v) is 2.71. The van der Waals surface area contributed by atoms with Gasteiger partial charge in [-0.25, -0.2) is 4.98 Å². The SMILES string of the molecule is OCc1nc(CCc2ccco2)n2c1CCCC2. The number of rotatable bonds is 4. The first-order chi connectivity index (χ1) is 8.88. The van der Waals surface area contributed by atoms with Crippen LogP contribution in [0.15, 0.2) is 22.8 Å². The Kier molecular flexibility index (Phi) is 3.19. The monoisotopic (exact) mass is 246 g/mol. The van der Waals surface area contributed by atoms with E-state index in [-0.39, 0.29) is 6.61 Å². The Balaban J connectivity index is 1.81. The van der Waals surface area contributed by atoms with Gasteiger partial charge in [-0.05, 0) is 31.4 Å². The molecule has 0 saturated carbocycles. The summed E-state index contributed by atoms with van der Waals surface area (Å²) in [5, 5.41) is 9.36. The topological polar surface area (TPSA) is 51.2 Å². The molecular formula is C14H18N2O2. The van der Waals surface area contributed by atoms with Crippen LogP contribution in [0.3, 0.4) is 0 Å². The molecule has 18 heavy (non-hydrogen) atoms. The van der Waals surface area contributed by atoms with Crippen LogP contribution >= 0.6 is 0 Å². The van der Waals surface area contributed by atoms with Crippen LogP contribution in [0.4, 0.5) is 0 Å². The lowest BCUT2D eigenvalue weighted by Crippen LogP contribution is -2.13. The van der Waals surface area contributed by atoms with E-state index in [2.05, 4.69) is 9.55 Å². The zero-order valence-electron chi connectivity index (χ0n) is 10.4. The van der Waals surface area contributed by atoms with Crippen molar-refractivity contribution in [3.8, 4) is 0 Å². The molecule has 0 amide bonds. The van der Waals surface area contributed by atoms with Gasteiger partial charge in [-0.1, -0.05) is 0 Å². The first-order valence-electron chi connectivity index (χ1n) is 6.59. The molecule has 2 aromatic heterocycles. The van der Waals surface area contributed by atoms with Crippen LogP contribution in [0.2, 0.25) is 0 Å². The van der Waals surface area contributed by atoms with Gasteiger partial charge >= 0.3 is 0 Å². The number of aryl methyl sites for hydroxylation is 2. The second-order valence-electron chi connectivity index (χ2n) is 4.77. The van der Waals surface area contributed by atoms with Gasteiger partial charge in [-0.3, -0.25) is 0 Å². The van der Waals surface area contributed by atoms with Gasteiger partial charge in [0.25, 0.3) is 0 Å². The van der Waals surface area contributed by atoms with Crippen molar-refractivity contribution in [3.63, 3.8) is 0 Å². The van der Waals surface area contributed by atoms with Crippen molar-refractivity contribution in [1.82, 2.24) is 9.55 Å². The summed E-state index contributed by atoms with van der Waals surface area (Å²) < 4.78 is 7.64. The zero-order chi connectivity index (χ0) is 12.4. The molecule has 0 spiro atoms. The summed E-state index contributed by atoms with van der Waals surface area (Å²) in [7, 11) is 0. The van der Waals surface area contributed by atoms with Gasteiger partial charge in [-0.15, -0.1) is 0 Å². The summed E-state index contributed by atoms with van der Waals surface area (Å²) >= 11 is 0. The summed E-state index contributed by atoms with van der Waals surface area (Å²) in [5.41, 5.74) is 2.10. The third kappa shape index (κ3) is 2.08. The summed E-state index contributed by atoms with van der Waals surface area (Å²) in [4.78, 5) is 4.58. The molecule has 0 fully saturated rings. The Morgan fingerprint density at radius 1 is 1.33 bits per heavy atom. The lowest BCUT2D eigenvalue weighted by atomic mass is 10.1. The standard InChI is InChI=1S/C14H18N2O2/c17-10-12-13-5-1-2-8-16(13)14(15-12)7-6-11-4-3-9-18-11/h3-4,9,17H,1-2,5-8,10H2. The minimum absolute atomic E-state index is 0.0517. The Morgan fingerprint density at radius 2 is 2.28 bits per heavy atom. The molecule has 0 bridgehead atoms. The average Bonchev–Trinajstić information content (AvgIpc) is 3.04. The number of aromatic nitrogens is 2. The molecule has 0 saturated heterocycles. The van der Waals surface area contributed by atoms with E-state index in [1.54, 1.807) is 6.26 Å². The minimum atomic E-state index is 0.0517. The van der Waals surface area contributed by atoms with E-state index < -0.39 is 0 Å². The van der Waals surface area contributed by atoms with Gasteiger partial charge in [0.15, 0.2) is 0 Å². The first-order valence-corrected chi connectivity index (χ1v) is 6.59. The van der Waals surface area contributed by atoms with E-state index in [0.29, 0.717) is 0 Å². The molecular weight excluding hydrogens is 228 g/mol. The highest BCUT2D eigenvalue weighted by Gasteiger charge is 2.19. The molecule has 1 aliphatic rings. The highest BCUT2D eigenvalue weighted by Crippen LogP contribution is 2.22. The normalized spacial score (nSPS) is 14.7. The number of aliphatic hydroxyl groups excluding tert-OH is 1. The maximum atomic E-state index is 9.36. The third-order valence-electron chi connectivity index (χ3n) is 3.60. The van der Waals surface area contributed by atoms with Gasteiger partial charge in [0, 0.05) is 25.1 Å². The number of hydrogen-bond donors (Lipinski definition) is 1. The predicted molar refractivity (Wildman–Crippen MR) is 67.2 cm³/mol. The van der Waals surface area contributed by atoms with Crippen LogP contribution in [0, 0.1) is 0 Å². The highest BCUT2D eigenvalue weighted by atomic mass is 16.3.